The molecule has 0 aromatic carbocycles. The Bertz CT molecular complexity index is 441. The normalized spacial score (nSPS) is 13.0. The quantitative estimate of drug-likeness (QED) is 0.134. The molecule has 0 rings (SSSR count). The number of aliphatic hydroxyl groups excluding tert-OH is 1. The highest BCUT2D eigenvalue weighted by Gasteiger charge is 2.19. The van der Waals surface area contributed by atoms with Crippen molar-refractivity contribution >= 4 is 11.9 Å². The molecule has 0 spiro atoms. The van der Waals surface area contributed by atoms with Gasteiger partial charge in [-0.1, -0.05) is 104 Å². The van der Waals surface area contributed by atoms with Crippen LogP contribution < -0.4 is 5.32 Å². The molecule has 1 amide bonds. The summed E-state index contributed by atoms with van der Waals surface area (Å²) in [5.74, 6) is -0.413. The van der Waals surface area contributed by atoms with E-state index in [1.807, 2.05) is 0 Å². The van der Waals surface area contributed by atoms with Gasteiger partial charge in [0.05, 0.1) is 19.1 Å². The van der Waals surface area contributed by atoms with Crippen molar-refractivity contribution in [3.05, 3.63) is 6.92 Å². The van der Waals surface area contributed by atoms with E-state index in [0.29, 0.717) is 12.8 Å². The van der Waals surface area contributed by atoms with Gasteiger partial charge in [-0.2, -0.15) is 0 Å². The Morgan fingerprint density at radius 2 is 1.25 bits per heavy atom. The number of aliphatic hydroxyl groups is 1. The number of carbonyl (C=O) groups excluding carboxylic acids is 2. The fraction of sp³-hybridized carbons (Fsp3) is 0.889. The molecule has 0 saturated carbocycles. The zero-order valence-corrected chi connectivity index (χ0v) is 21.2. The molecule has 0 unspecified atom stereocenters. The van der Waals surface area contributed by atoms with Crippen LogP contribution >= 0.6 is 0 Å². The van der Waals surface area contributed by atoms with Gasteiger partial charge in [0.15, 0.2) is 0 Å². The van der Waals surface area contributed by atoms with Crippen LogP contribution in [0, 0.1) is 6.92 Å². The van der Waals surface area contributed by atoms with Crippen LogP contribution in [0.3, 0.4) is 0 Å². The van der Waals surface area contributed by atoms with E-state index in [0.717, 1.165) is 25.7 Å². The van der Waals surface area contributed by atoms with Crippen molar-refractivity contribution in [2.45, 2.75) is 148 Å². The average molecular weight is 455 g/mol. The highest BCUT2D eigenvalue weighted by atomic mass is 16.5. The largest absolute Gasteiger partial charge is 0.462 e. The van der Waals surface area contributed by atoms with Gasteiger partial charge in [0.1, 0.15) is 6.10 Å². The van der Waals surface area contributed by atoms with Gasteiger partial charge in [-0.3, -0.25) is 9.59 Å². The summed E-state index contributed by atoms with van der Waals surface area (Å²) >= 11 is 0. The third-order valence-corrected chi connectivity index (χ3v) is 5.91. The van der Waals surface area contributed by atoms with Gasteiger partial charge in [-0.15, -0.1) is 0 Å². The van der Waals surface area contributed by atoms with Crippen molar-refractivity contribution in [3.63, 3.8) is 0 Å². The van der Waals surface area contributed by atoms with Crippen LogP contribution in [0.25, 0.3) is 0 Å². The molecular weight excluding hydrogens is 402 g/mol. The van der Waals surface area contributed by atoms with E-state index < -0.39 is 6.04 Å². The summed E-state index contributed by atoms with van der Waals surface area (Å²) in [5.41, 5.74) is 0. The zero-order valence-electron chi connectivity index (χ0n) is 21.2. The maximum atomic E-state index is 12.3. The molecule has 2 N–H and O–H groups in total. The number of hydrogen-bond donors (Lipinski definition) is 2. The van der Waals surface area contributed by atoms with Crippen molar-refractivity contribution < 1.29 is 19.4 Å². The Balaban J connectivity index is 4.19. The minimum atomic E-state index is -0.528. The molecule has 0 fully saturated rings. The lowest BCUT2D eigenvalue weighted by molar-refractivity contribution is -0.151. The second kappa shape index (κ2) is 23.1. The maximum Gasteiger partial charge on any atom is 0.306 e. The van der Waals surface area contributed by atoms with Gasteiger partial charge in [0.2, 0.25) is 5.91 Å². The first kappa shape index (κ1) is 30.9. The first-order valence-electron chi connectivity index (χ1n) is 13.5. The third kappa shape index (κ3) is 20.8. The number of carbonyl (C=O) groups is 2. The molecule has 5 heteroatoms. The Kier molecular flexibility index (Phi) is 22.3. The van der Waals surface area contributed by atoms with Crippen molar-refractivity contribution in [1.29, 1.82) is 0 Å². The Morgan fingerprint density at radius 1 is 0.781 bits per heavy atom. The van der Waals surface area contributed by atoms with Gasteiger partial charge >= 0.3 is 5.97 Å². The molecule has 0 aliphatic carbocycles. The van der Waals surface area contributed by atoms with Crippen LogP contribution in [0.15, 0.2) is 0 Å². The van der Waals surface area contributed by atoms with E-state index in [9.17, 15) is 9.59 Å². The lowest BCUT2D eigenvalue weighted by Crippen LogP contribution is -2.37. The fourth-order valence-electron chi connectivity index (χ4n) is 3.90. The predicted molar refractivity (Wildman–Crippen MR) is 133 cm³/mol. The molecule has 0 aromatic rings. The van der Waals surface area contributed by atoms with E-state index in [-0.39, 0.29) is 31.0 Å². The zero-order chi connectivity index (χ0) is 23.9. The van der Waals surface area contributed by atoms with Crippen LogP contribution in [0.5, 0.6) is 0 Å². The standard InChI is InChI=1S/C27H52NO4/c1-4-6-8-10-12-13-15-16-18-20-25(22-26(30)28-24(3)23-29)32-27(31)21-19-17-14-11-9-7-5-2/h24-25,29H,3-23H2,1-2H3,(H,28,30)/t24-,25+/m0/s1. The molecule has 1 radical (unpaired) electrons. The lowest BCUT2D eigenvalue weighted by atomic mass is 10.0. The second-order valence-electron chi connectivity index (χ2n) is 9.25. The summed E-state index contributed by atoms with van der Waals surface area (Å²) in [6, 6.07) is -0.528. The molecule has 0 aromatic heterocycles. The number of esters is 1. The van der Waals surface area contributed by atoms with E-state index in [1.54, 1.807) is 0 Å². The van der Waals surface area contributed by atoms with E-state index in [4.69, 9.17) is 9.84 Å². The van der Waals surface area contributed by atoms with Crippen molar-refractivity contribution in [2.24, 2.45) is 0 Å². The van der Waals surface area contributed by atoms with Crippen molar-refractivity contribution in [2.75, 3.05) is 6.61 Å². The van der Waals surface area contributed by atoms with Crippen molar-refractivity contribution in [1.82, 2.24) is 5.32 Å². The highest BCUT2D eigenvalue weighted by molar-refractivity contribution is 5.77. The summed E-state index contributed by atoms with van der Waals surface area (Å²) in [4.78, 5) is 24.5. The second-order valence-corrected chi connectivity index (χ2v) is 9.25. The Hall–Kier alpha value is -1.10. The first-order valence-corrected chi connectivity index (χ1v) is 13.5. The maximum absolute atomic E-state index is 12.3. The molecule has 0 bridgehead atoms. The Morgan fingerprint density at radius 3 is 1.75 bits per heavy atom. The summed E-state index contributed by atoms with van der Waals surface area (Å²) in [6.07, 6.45) is 20.1. The highest BCUT2D eigenvalue weighted by Crippen LogP contribution is 2.16. The fourth-order valence-corrected chi connectivity index (χ4v) is 3.90. The molecule has 0 saturated heterocycles. The van der Waals surface area contributed by atoms with E-state index in [1.165, 1.54) is 77.0 Å². The molecule has 0 heterocycles. The van der Waals surface area contributed by atoms with E-state index >= 15 is 0 Å². The molecule has 189 valence electrons. The van der Waals surface area contributed by atoms with Gasteiger partial charge in [0, 0.05) is 6.42 Å². The van der Waals surface area contributed by atoms with Gasteiger partial charge < -0.3 is 15.2 Å². The van der Waals surface area contributed by atoms with E-state index in [2.05, 4.69) is 26.1 Å². The van der Waals surface area contributed by atoms with Gasteiger partial charge in [-0.05, 0) is 26.2 Å². The third-order valence-electron chi connectivity index (χ3n) is 5.91. The number of unbranched alkanes of at least 4 members (excludes halogenated alkanes) is 14. The number of rotatable bonds is 23. The number of hydrogen-bond acceptors (Lipinski definition) is 4. The number of ether oxygens (including phenoxy) is 1. The summed E-state index contributed by atoms with van der Waals surface area (Å²) < 4.78 is 5.67. The van der Waals surface area contributed by atoms with Crippen LogP contribution in [0.2, 0.25) is 0 Å². The molecular formula is C27H52NO4. The topological polar surface area (TPSA) is 75.6 Å². The molecule has 32 heavy (non-hydrogen) atoms. The predicted octanol–water partition coefficient (Wildman–Crippen LogP) is 6.66. The molecule has 2 atom stereocenters. The minimum absolute atomic E-state index is 0.145. The van der Waals surface area contributed by atoms with Gasteiger partial charge in [-0.25, -0.2) is 0 Å². The number of nitrogens with one attached hydrogen (secondary N) is 1. The SMILES string of the molecule is [CH2][C@@H](CO)NC(=O)C[C@@H](CCCCCCCCCCC)OC(=O)CCCCCCCCC. The van der Waals surface area contributed by atoms with Crippen LogP contribution in [0.4, 0.5) is 0 Å². The smallest absolute Gasteiger partial charge is 0.306 e. The first-order chi connectivity index (χ1) is 15.5. The lowest BCUT2D eigenvalue weighted by Gasteiger charge is -2.19. The van der Waals surface area contributed by atoms with Crippen LogP contribution in [-0.2, 0) is 14.3 Å². The summed E-state index contributed by atoms with van der Waals surface area (Å²) in [7, 11) is 0. The monoisotopic (exact) mass is 454 g/mol. The molecule has 0 aliphatic rings. The van der Waals surface area contributed by atoms with Crippen LogP contribution in [-0.4, -0.2) is 35.7 Å². The number of amides is 1. The summed E-state index contributed by atoms with van der Waals surface area (Å²) in [6.45, 7) is 7.92. The average Bonchev–Trinajstić information content (AvgIpc) is 2.77. The minimum Gasteiger partial charge on any atom is -0.462 e. The Labute approximate surface area is 198 Å². The summed E-state index contributed by atoms with van der Waals surface area (Å²) in [5, 5.41) is 11.7. The molecule has 5 nitrogen and oxygen atoms in total. The molecule has 0 aliphatic heterocycles. The van der Waals surface area contributed by atoms with Crippen molar-refractivity contribution in [3.8, 4) is 0 Å². The van der Waals surface area contributed by atoms with Crippen LogP contribution in [0.1, 0.15) is 136 Å². The van der Waals surface area contributed by atoms with Gasteiger partial charge in [0.25, 0.3) is 0 Å².